The van der Waals surface area contributed by atoms with E-state index in [4.69, 9.17) is 4.74 Å². The molecule has 2 N–H and O–H groups in total. The van der Waals surface area contributed by atoms with Gasteiger partial charge in [-0.3, -0.25) is 4.79 Å². The van der Waals surface area contributed by atoms with Crippen molar-refractivity contribution in [3.8, 4) is 5.88 Å². The molecule has 0 radical (unpaired) electrons. The summed E-state index contributed by atoms with van der Waals surface area (Å²) in [5.74, 6) is -0.316. The van der Waals surface area contributed by atoms with Gasteiger partial charge in [0.15, 0.2) is 0 Å². The van der Waals surface area contributed by atoms with Crippen LogP contribution in [-0.4, -0.2) is 24.5 Å². The molecule has 104 valence electrons. The number of nitrogens with zero attached hydrogens (tertiary/aromatic N) is 1. The number of carbonyl (C=O) groups excluding carboxylic acids is 1. The molecule has 0 bridgehead atoms. The van der Waals surface area contributed by atoms with E-state index in [1.807, 2.05) is 0 Å². The summed E-state index contributed by atoms with van der Waals surface area (Å²) in [7, 11) is 1.53. The third-order valence-corrected chi connectivity index (χ3v) is 2.55. The van der Waals surface area contributed by atoms with E-state index in [2.05, 4.69) is 15.6 Å². The summed E-state index contributed by atoms with van der Waals surface area (Å²) in [4.78, 5) is 15.7. The van der Waals surface area contributed by atoms with Crippen LogP contribution in [0.1, 0.15) is 0 Å². The third kappa shape index (κ3) is 3.68. The molecule has 0 aliphatic heterocycles. The molecule has 1 aromatic heterocycles. The number of methoxy groups -OCH3 is 1. The summed E-state index contributed by atoms with van der Waals surface area (Å²) < 4.78 is 18.3. The summed E-state index contributed by atoms with van der Waals surface area (Å²) in [6.07, 6.45) is 1.55. The maximum Gasteiger partial charge on any atom is 0.243 e. The average molecular weight is 275 g/mol. The molecule has 0 saturated carbocycles. The Kier molecular flexibility index (Phi) is 4.49. The minimum Gasteiger partial charge on any atom is -0.481 e. The van der Waals surface area contributed by atoms with Crippen LogP contribution in [0.4, 0.5) is 15.8 Å². The Balaban J connectivity index is 1.87. The second-order valence-electron chi connectivity index (χ2n) is 3.97. The molecule has 0 fully saturated rings. The Morgan fingerprint density at radius 1 is 1.30 bits per heavy atom. The molecule has 0 atom stereocenters. The number of benzene rings is 1. The topological polar surface area (TPSA) is 63.2 Å². The normalized spacial score (nSPS) is 9.90. The highest BCUT2D eigenvalue weighted by molar-refractivity contribution is 5.93. The maximum absolute atomic E-state index is 13.3. The summed E-state index contributed by atoms with van der Waals surface area (Å²) in [6, 6.07) is 9.42. The van der Waals surface area contributed by atoms with E-state index in [1.54, 1.807) is 30.5 Å². The van der Waals surface area contributed by atoms with Crippen LogP contribution in [0.2, 0.25) is 0 Å². The first-order valence-electron chi connectivity index (χ1n) is 5.97. The van der Waals surface area contributed by atoms with Crippen LogP contribution >= 0.6 is 0 Å². The summed E-state index contributed by atoms with van der Waals surface area (Å²) >= 11 is 0. The smallest absolute Gasteiger partial charge is 0.243 e. The molecular weight excluding hydrogens is 261 g/mol. The predicted molar refractivity (Wildman–Crippen MR) is 74.3 cm³/mol. The number of hydrogen-bond donors (Lipinski definition) is 2. The minimum atomic E-state index is -0.466. The molecule has 0 spiro atoms. The van der Waals surface area contributed by atoms with Gasteiger partial charge < -0.3 is 15.4 Å². The van der Waals surface area contributed by atoms with E-state index >= 15 is 0 Å². The lowest BCUT2D eigenvalue weighted by molar-refractivity contribution is -0.114. The Morgan fingerprint density at radius 3 is 2.75 bits per heavy atom. The quantitative estimate of drug-likeness (QED) is 0.878. The molecule has 0 saturated heterocycles. The van der Waals surface area contributed by atoms with Crippen molar-refractivity contribution in [2.45, 2.75) is 0 Å². The zero-order chi connectivity index (χ0) is 14.4. The number of para-hydroxylation sites is 1. The SMILES string of the molecule is COc1ccc(NCC(=O)Nc2ccccc2F)cn1. The van der Waals surface area contributed by atoms with Crippen molar-refractivity contribution >= 4 is 17.3 Å². The highest BCUT2D eigenvalue weighted by atomic mass is 19.1. The number of anilines is 2. The first kappa shape index (κ1) is 13.8. The molecule has 1 heterocycles. The molecule has 6 heteroatoms. The van der Waals surface area contributed by atoms with Gasteiger partial charge in [0.25, 0.3) is 0 Å². The van der Waals surface area contributed by atoms with Crippen LogP contribution < -0.4 is 15.4 Å². The van der Waals surface area contributed by atoms with Crippen molar-refractivity contribution in [1.29, 1.82) is 0 Å². The Morgan fingerprint density at radius 2 is 2.10 bits per heavy atom. The van der Waals surface area contributed by atoms with Gasteiger partial charge in [0.05, 0.1) is 31.2 Å². The van der Waals surface area contributed by atoms with E-state index in [9.17, 15) is 9.18 Å². The zero-order valence-corrected chi connectivity index (χ0v) is 10.9. The molecule has 1 amide bonds. The summed E-state index contributed by atoms with van der Waals surface area (Å²) in [6.45, 7) is 0.0162. The van der Waals surface area contributed by atoms with Gasteiger partial charge in [-0.1, -0.05) is 12.1 Å². The third-order valence-electron chi connectivity index (χ3n) is 2.55. The minimum absolute atomic E-state index is 0.0162. The van der Waals surface area contributed by atoms with Gasteiger partial charge in [-0.05, 0) is 18.2 Å². The number of pyridine rings is 1. The Bertz CT molecular complexity index is 587. The number of hydrogen-bond acceptors (Lipinski definition) is 4. The Labute approximate surface area is 115 Å². The van der Waals surface area contributed by atoms with Crippen LogP contribution in [-0.2, 0) is 4.79 Å². The van der Waals surface area contributed by atoms with Crippen molar-refractivity contribution in [3.05, 3.63) is 48.4 Å². The predicted octanol–water partition coefficient (Wildman–Crippen LogP) is 2.28. The molecule has 20 heavy (non-hydrogen) atoms. The van der Waals surface area contributed by atoms with E-state index in [-0.39, 0.29) is 18.1 Å². The van der Waals surface area contributed by atoms with Crippen molar-refractivity contribution in [3.63, 3.8) is 0 Å². The summed E-state index contributed by atoms with van der Waals surface area (Å²) in [5.41, 5.74) is 0.835. The van der Waals surface area contributed by atoms with Crippen LogP contribution in [0.3, 0.4) is 0 Å². The number of amides is 1. The monoisotopic (exact) mass is 275 g/mol. The molecule has 2 aromatic rings. The zero-order valence-electron chi connectivity index (χ0n) is 10.9. The number of ether oxygens (including phenoxy) is 1. The molecule has 1 aromatic carbocycles. The summed E-state index contributed by atoms with van der Waals surface area (Å²) in [5, 5.41) is 5.36. The fourth-order valence-electron chi connectivity index (χ4n) is 1.54. The lowest BCUT2D eigenvalue weighted by atomic mass is 10.3. The molecule has 0 aliphatic carbocycles. The number of carbonyl (C=O) groups is 1. The second kappa shape index (κ2) is 6.51. The number of halogens is 1. The molecule has 2 rings (SSSR count). The van der Waals surface area contributed by atoms with E-state index < -0.39 is 5.82 Å². The Hall–Kier alpha value is -2.63. The van der Waals surface area contributed by atoms with Gasteiger partial charge in [0, 0.05) is 6.07 Å². The van der Waals surface area contributed by atoms with E-state index in [0.29, 0.717) is 11.6 Å². The fourth-order valence-corrected chi connectivity index (χ4v) is 1.54. The highest BCUT2D eigenvalue weighted by Crippen LogP contribution is 2.13. The lowest BCUT2D eigenvalue weighted by Gasteiger charge is -2.08. The van der Waals surface area contributed by atoms with Crippen LogP contribution in [0, 0.1) is 5.82 Å². The first-order chi connectivity index (χ1) is 9.69. The van der Waals surface area contributed by atoms with Crippen molar-refractivity contribution < 1.29 is 13.9 Å². The standard InChI is InChI=1S/C14H14FN3O2/c1-20-14-7-6-10(8-17-14)16-9-13(19)18-12-5-3-2-4-11(12)15/h2-8,16H,9H2,1H3,(H,18,19). The van der Waals surface area contributed by atoms with Crippen LogP contribution in [0.25, 0.3) is 0 Å². The molecule has 0 unspecified atom stereocenters. The number of nitrogens with one attached hydrogen (secondary N) is 2. The van der Waals surface area contributed by atoms with Gasteiger partial charge >= 0.3 is 0 Å². The van der Waals surface area contributed by atoms with E-state index in [0.717, 1.165) is 0 Å². The van der Waals surface area contributed by atoms with Crippen LogP contribution in [0.15, 0.2) is 42.6 Å². The van der Waals surface area contributed by atoms with Crippen LogP contribution in [0.5, 0.6) is 5.88 Å². The van der Waals surface area contributed by atoms with Gasteiger partial charge in [0.1, 0.15) is 5.82 Å². The highest BCUT2D eigenvalue weighted by Gasteiger charge is 2.06. The molecular formula is C14H14FN3O2. The number of rotatable bonds is 5. The fraction of sp³-hybridized carbons (Fsp3) is 0.143. The van der Waals surface area contributed by atoms with Gasteiger partial charge in [-0.2, -0.15) is 0 Å². The number of aromatic nitrogens is 1. The van der Waals surface area contributed by atoms with Crippen molar-refractivity contribution in [1.82, 2.24) is 4.98 Å². The van der Waals surface area contributed by atoms with Gasteiger partial charge in [-0.15, -0.1) is 0 Å². The van der Waals surface area contributed by atoms with Gasteiger partial charge in [0.2, 0.25) is 11.8 Å². The van der Waals surface area contributed by atoms with Crippen molar-refractivity contribution in [2.75, 3.05) is 24.3 Å². The van der Waals surface area contributed by atoms with Crippen molar-refractivity contribution in [2.24, 2.45) is 0 Å². The lowest BCUT2D eigenvalue weighted by Crippen LogP contribution is -2.22. The second-order valence-corrected chi connectivity index (χ2v) is 3.97. The van der Waals surface area contributed by atoms with E-state index in [1.165, 1.54) is 19.2 Å². The molecule has 5 nitrogen and oxygen atoms in total. The largest absolute Gasteiger partial charge is 0.481 e. The average Bonchev–Trinajstić information content (AvgIpc) is 2.48. The first-order valence-corrected chi connectivity index (χ1v) is 5.97. The maximum atomic E-state index is 13.3. The molecule has 0 aliphatic rings. The van der Waals surface area contributed by atoms with Gasteiger partial charge in [-0.25, -0.2) is 9.37 Å².